The first-order valence-corrected chi connectivity index (χ1v) is 6.86. The molecule has 4 nitrogen and oxygen atoms in total. The Labute approximate surface area is 106 Å². The molecule has 102 valence electrons. The summed E-state index contributed by atoms with van der Waals surface area (Å²) in [6, 6.07) is 0. The van der Waals surface area contributed by atoms with Gasteiger partial charge in [-0.3, -0.25) is 4.90 Å². The maximum absolute atomic E-state index is 8.62. The van der Waals surface area contributed by atoms with Crippen molar-refractivity contribution in [3.8, 4) is 0 Å². The lowest BCUT2D eigenvalue weighted by Crippen LogP contribution is -2.37. The highest BCUT2D eigenvalue weighted by Crippen LogP contribution is 2.14. The van der Waals surface area contributed by atoms with E-state index in [9.17, 15) is 0 Å². The summed E-state index contributed by atoms with van der Waals surface area (Å²) in [6.45, 7) is 9.28. The van der Waals surface area contributed by atoms with E-state index >= 15 is 0 Å². The van der Waals surface area contributed by atoms with Gasteiger partial charge in [0.25, 0.3) is 0 Å². The first kappa shape index (κ1) is 16.2. The zero-order valence-electron chi connectivity index (χ0n) is 11.7. The molecule has 0 aliphatic heterocycles. The second-order valence-corrected chi connectivity index (χ2v) is 4.74. The molecule has 1 unspecified atom stereocenters. The summed E-state index contributed by atoms with van der Waals surface area (Å²) >= 11 is 0. The summed E-state index contributed by atoms with van der Waals surface area (Å²) in [6.07, 6.45) is 6.13. The molecule has 0 aromatic heterocycles. The van der Waals surface area contributed by atoms with Gasteiger partial charge in [0.15, 0.2) is 5.84 Å². The van der Waals surface area contributed by atoms with Gasteiger partial charge in [-0.2, -0.15) is 0 Å². The molecule has 0 fully saturated rings. The van der Waals surface area contributed by atoms with E-state index in [-0.39, 0.29) is 0 Å². The zero-order valence-corrected chi connectivity index (χ0v) is 11.7. The Morgan fingerprint density at radius 1 is 1.29 bits per heavy atom. The molecule has 0 rings (SSSR count). The van der Waals surface area contributed by atoms with Crippen molar-refractivity contribution in [1.29, 1.82) is 0 Å². The van der Waals surface area contributed by atoms with Crippen molar-refractivity contribution >= 4 is 5.84 Å². The first-order valence-electron chi connectivity index (χ1n) is 6.86. The molecule has 0 aliphatic carbocycles. The molecule has 0 spiro atoms. The lowest BCUT2D eigenvalue weighted by atomic mass is 9.98. The monoisotopic (exact) mass is 243 g/mol. The maximum Gasteiger partial charge on any atom is 0.153 e. The summed E-state index contributed by atoms with van der Waals surface area (Å²) < 4.78 is 0. The molecule has 1 atom stereocenters. The molecule has 4 heteroatoms. The molecule has 0 bridgehead atoms. The smallest absolute Gasteiger partial charge is 0.153 e. The molecule has 0 amide bonds. The van der Waals surface area contributed by atoms with E-state index in [1.165, 1.54) is 25.7 Å². The van der Waals surface area contributed by atoms with E-state index < -0.39 is 0 Å². The van der Waals surface area contributed by atoms with Crippen molar-refractivity contribution in [2.45, 2.75) is 52.9 Å². The van der Waals surface area contributed by atoms with Crippen LogP contribution in [0.3, 0.4) is 0 Å². The van der Waals surface area contributed by atoms with E-state index in [0.717, 1.165) is 25.4 Å². The third kappa shape index (κ3) is 8.02. The number of hydrogen-bond acceptors (Lipinski definition) is 3. The molecule has 0 saturated carbocycles. The SMILES string of the molecule is CCCCC(CC)CN(CCC)CC(N)=NO. The highest BCUT2D eigenvalue weighted by molar-refractivity contribution is 5.81. The molecular weight excluding hydrogens is 214 g/mol. The standard InChI is InChI=1S/C13H29N3O/c1-4-7-8-12(6-3)10-16(9-5-2)11-13(14)15-17/h12,17H,4-11H2,1-3H3,(H2,14,15). The zero-order chi connectivity index (χ0) is 13.1. The Hall–Kier alpha value is -0.770. The summed E-state index contributed by atoms with van der Waals surface area (Å²) in [4.78, 5) is 2.29. The maximum atomic E-state index is 8.62. The number of unbranched alkanes of at least 4 members (excludes halogenated alkanes) is 1. The third-order valence-electron chi connectivity index (χ3n) is 3.11. The van der Waals surface area contributed by atoms with Crippen LogP contribution in [-0.2, 0) is 0 Å². The fraction of sp³-hybridized carbons (Fsp3) is 0.923. The van der Waals surface area contributed by atoms with Crippen LogP contribution >= 0.6 is 0 Å². The van der Waals surface area contributed by atoms with Crippen molar-refractivity contribution < 1.29 is 5.21 Å². The topological polar surface area (TPSA) is 61.8 Å². The molecule has 0 saturated heterocycles. The summed E-state index contributed by atoms with van der Waals surface area (Å²) in [5, 5.41) is 11.7. The summed E-state index contributed by atoms with van der Waals surface area (Å²) in [5.74, 6) is 1.04. The minimum atomic E-state index is 0.309. The van der Waals surface area contributed by atoms with E-state index in [0.29, 0.717) is 12.4 Å². The average molecular weight is 243 g/mol. The summed E-state index contributed by atoms with van der Waals surface area (Å²) in [5.41, 5.74) is 5.58. The van der Waals surface area contributed by atoms with Gasteiger partial charge in [-0.1, -0.05) is 45.2 Å². The van der Waals surface area contributed by atoms with Crippen molar-refractivity contribution in [1.82, 2.24) is 4.90 Å². The van der Waals surface area contributed by atoms with E-state index in [1.807, 2.05) is 0 Å². The predicted molar refractivity (Wildman–Crippen MR) is 73.4 cm³/mol. The van der Waals surface area contributed by atoms with Crippen LogP contribution in [-0.4, -0.2) is 35.6 Å². The molecule has 0 aromatic rings. The van der Waals surface area contributed by atoms with Gasteiger partial charge in [0.05, 0.1) is 6.54 Å². The Bertz CT molecular complexity index is 207. The number of nitrogens with zero attached hydrogens (tertiary/aromatic N) is 2. The fourth-order valence-corrected chi connectivity index (χ4v) is 2.09. The van der Waals surface area contributed by atoms with Crippen LogP contribution < -0.4 is 5.73 Å². The van der Waals surface area contributed by atoms with Crippen LogP contribution in [0.5, 0.6) is 0 Å². The van der Waals surface area contributed by atoms with Crippen LogP contribution in [0, 0.1) is 5.92 Å². The lowest BCUT2D eigenvalue weighted by molar-refractivity contribution is 0.239. The number of amidine groups is 1. The minimum Gasteiger partial charge on any atom is -0.409 e. The van der Waals surface area contributed by atoms with Crippen LogP contribution in [0.15, 0.2) is 5.16 Å². The molecule has 0 heterocycles. The van der Waals surface area contributed by atoms with Gasteiger partial charge in [-0.15, -0.1) is 0 Å². The molecule has 0 aromatic carbocycles. The number of oxime groups is 1. The average Bonchev–Trinajstić information content (AvgIpc) is 2.34. The van der Waals surface area contributed by atoms with Gasteiger partial charge >= 0.3 is 0 Å². The molecular formula is C13H29N3O. The Kier molecular flexibility index (Phi) is 9.92. The number of rotatable bonds is 10. The number of nitrogens with two attached hydrogens (primary N) is 1. The molecule has 0 aliphatic rings. The Morgan fingerprint density at radius 3 is 2.47 bits per heavy atom. The van der Waals surface area contributed by atoms with Gasteiger partial charge in [0, 0.05) is 6.54 Å². The molecule has 3 N–H and O–H groups in total. The van der Waals surface area contributed by atoms with Crippen molar-refractivity contribution in [2.75, 3.05) is 19.6 Å². The van der Waals surface area contributed by atoms with Crippen molar-refractivity contribution in [2.24, 2.45) is 16.8 Å². The Morgan fingerprint density at radius 2 is 2.00 bits per heavy atom. The number of hydrogen-bond donors (Lipinski definition) is 2. The van der Waals surface area contributed by atoms with E-state index in [4.69, 9.17) is 10.9 Å². The largest absolute Gasteiger partial charge is 0.409 e. The first-order chi connectivity index (χ1) is 8.17. The van der Waals surface area contributed by atoms with Gasteiger partial charge in [0.1, 0.15) is 0 Å². The van der Waals surface area contributed by atoms with Crippen LogP contribution in [0.4, 0.5) is 0 Å². The normalized spacial score (nSPS) is 14.2. The van der Waals surface area contributed by atoms with E-state index in [2.05, 4.69) is 30.8 Å². The Balaban J connectivity index is 4.18. The van der Waals surface area contributed by atoms with Gasteiger partial charge in [-0.25, -0.2) is 0 Å². The second-order valence-electron chi connectivity index (χ2n) is 4.74. The van der Waals surface area contributed by atoms with Gasteiger partial charge < -0.3 is 10.9 Å². The third-order valence-corrected chi connectivity index (χ3v) is 3.11. The lowest BCUT2D eigenvalue weighted by Gasteiger charge is -2.26. The highest BCUT2D eigenvalue weighted by atomic mass is 16.4. The van der Waals surface area contributed by atoms with Crippen LogP contribution in [0.1, 0.15) is 52.9 Å². The summed E-state index contributed by atoms with van der Waals surface area (Å²) in [7, 11) is 0. The fourth-order valence-electron chi connectivity index (χ4n) is 2.09. The second kappa shape index (κ2) is 10.4. The van der Waals surface area contributed by atoms with Gasteiger partial charge in [-0.05, 0) is 25.3 Å². The highest BCUT2D eigenvalue weighted by Gasteiger charge is 2.13. The molecule has 0 radical (unpaired) electrons. The quantitative estimate of drug-likeness (QED) is 0.268. The predicted octanol–water partition coefficient (Wildman–Crippen LogP) is 2.66. The van der Waals surface area contributed by atoms with Crippen LogP contribution in [0.25, 0.3) is 0 Å². The minimum absolute atomic E-state index is 0.309. The van der Waals surface area contributed by atoms with Gasteiger partial charge in [0.2, 0.25) is 0 Å². The molecule has 17 heavy (non-hydrogen) atoms. The van der Waals surface area contributed by atoms with Crippen molar-refractivity contribution in [3.63, 3.8) is 0 Å². The van der Waals surface area contributed by atoms with E-state index in [1.54, 1.807) is 0 Å². The van der Waals surface area contributed by atoms with Crippen molar-refractivity contribution in [3.05, 3.63) is 0 Å². The van der Waals surface area contributed by atoms with Crippen LogP contribution in [0.2, 0.25) is 0 Å².